The van der Waals surface area contributed by atoms with Crippen molar-refractivity contribution in [1.82, 2.24) is 9.97 Å². The number of hydrogen-bond donors (Lipinski definition) is 2. The number of hydrazine groups is 1. The van der Waals surface area contributed by atoms with Gasteiger partial charge < -0.3 is 10.2 Å². The predicted octanol–water partition coefficient (Wildman–Crippen LogP) is 3.17. The Morgan fingerprint density at radius 1 is 1.22 bits per heavy atom. The quantitative estimate of drug-likeness (QED) is 0.669. The van der Waals surface area contributed by atoms with E-state index in [0.29, 0.717) is 33.1 Å². The second-order valence-electron chi connectivity index (χ2n) is 3.47. The van der Waals surface area contributed by atoms with E-state index < -0.39 is 0 Å². The van der Waals surface area contributed by atoms with Gasteiger partial charge in [0.1, 0.15) is 17.9 Å². The molecule has 0 aliphatic rings. The fourth-order valence-corrected chi connectivity index (χ4v) is 1.62. The zero-order chi connectivity index (χ0) is 13.1. The van der Waals surface area contributed by atoms with Gasteiger partial charge in [-0.25, -0.2) is 15.8 Å². The average Bonchev–Trinajstić information content (AvgIpc) is 2.36. The van der Waals surface area contributed by atoms with Gasteiger partial charge in [0.2, 0.25) is 5.88 Å². The van der Waals surface area contributed by atoms with Gasteiger partial charge in [0.25, 0.3) is 0 Å². The number of nitrogen functional groups attached to an aromatic ring is 1. The summed E-state index contributed by atoms with van der Waals surface area (Å²) in [6, 6.07) is 4.96. The molecule has 0 spiro atoms. The topological polar surface area (TPSA) is 73.1 Å². The van der Waals surface area contributed by atoms with Crippen LogP contribution in [-0.2, 0) is 0 Å². The Morgan fingerprint density at radius 2 is 2.00 bits per heavy atom. The van der Waals surface area contributed by atoms with E-state index >= 15 is 0 Å². The van der Waals surface area contributed by atoms with Crippen molar-refractivity contribution in [3.05, 3.63) is 40.1 Å². The van der Waals surface area contributed by atoms with E-state index in [4.69, 9.17) is 33.8 Å². The fourth-order valence-electron chi connectivity index (χ4n) is 1.33. The Labute approximate surface area is 114 Å². The van der Waals surface area contributed by atoms with Crippen LogP contribution < -0.4 is 16.0 Å². The first kappa shape index (κ1) is 12.9. The highest BCUT2D eigenvalue weighted by atomic mass is 35.5. The molecule has 5 nitrogen and oxygen atoms in total. The van der Waals surface area contributed by atoms with Crippen LogP contribution in [0.1, 0.15) is 5.56 Å². The predicted molar refractivity (Wildman–Crippen MR) is 71.1 cm³/mol. The van der Waals surface area contributed by atoms with E-state index in [1.54, 1.807) is 25.1 Å². The highest BCUT2D eigenvalue weighted by molar-refractivity contribution is 6.42. The molecule has 2 rings (SSSR count). The molecule has 1 heterocycles. The van der Waals surface area contributed by atoms with E-state index in [1.807, 2.05) is 0 Å². The van der Waals surface area contributed by atoms with Crippen LogP contribution in [0.5, 0.6) is 11.6 Å². The third-order valence-electron chi connectivity index (χ3n) is 2.28. The molecule has 3 N–H and O–H groups in total. The number of nitrogens with zero attached hydrogens (tertiary/aromatic N) is 2. The van der Waals surface area contributed by atoms with Gasteiger partial charge in [-0.05, 0) is 19.1 Å². The first-order valence-electron chi connectivity index (χ1n) is 5.03. The molecule has 1 aromatic heterocycles. The van der Waals surface area contributed by atoms with Crippen molar-refractivity contribution in [2.24, 2.45) is 5.84 Å². The highest BCUT2D eigenvalue weighted by Crippen LogP contribution is 2.30. The number of nitrogens with two attached hydrogens (primary N) is 1. The third-order valence-corrected chi connectivity index (χ3v) is 3.02. The fraction of sp³-hybridized carbons (Fsp3) is 0.0909. The Hall–Kier alpha value is -1.56. The Balaban J connectivity index is 2.31. The third kappa shape index (κ3) is 2.64. The van der Waals surface area contributed by atoms with Crippen molar-refractivity contribution in [3.8, 4) is 11.6 Å². The zero-order valence-corrected chi connectivity index (χ0v) is 11.0. The number of hydrogen-bond acceptors (Lipinski definition) is 5. The molecular weight excluding hydrogens is 275 g/mol. The van der Waals surface area contributed by atoms with Crippen molar-refractivity contribution >= 4 is 29.0 Å². The van der Waals surface area contributed by atoms with Gasteiger partial charge in [-0.1, -0.05) is 23.2 Å². The van der Waals surface area contributed by atoms with Gasteiger partial charge in [0.15, 0.2) is 0 Å². The van der Waals surface area contributed by atoms with Crippen molar-refractivity contribution in [1.29, 1.82) is 0 Å². The summed E-state index contributed by atoms with van der Waals surface area (Å²) in [7, 11) is 0. The lowest BCUT2D eigenvalue weighted by atomic mass is 10.3. The maximum atomic E-state index is 5.90. The number of rotatable bonds is 3. The lowest BCUT2D eigenvalue weighted by Crippen LogP contribution is -2.10. The van der Waals surface area contributed by atoms with Gasteiger partial charge in [-0.2, -0.15) is 0 Å². The van der Waals surface area contributed by atoms with Gasteiger partial charge >= 0.3 is 0 Å². The molecular formula is C11H10Cl2N4O. The van der Waals surface area contributed by atoms with E-state index in [1.165, 1.54) is 6.33 Å². The number of halogens is 2. The standard InChI is InChI=1S/C11H10Cl2N4O/c1-6-10(17-14)15-5-16-11(6)18-7-2-3-8(12)9(13)4-7/h2-5H,14H2,1H3,(H,15,16,17). The molecule has 0 unspecified atom stereocenters. The van der Waals surface area contributed by atoms with Gasteiger partial charge in [-0.3, -0.25) is 0 Å². The highest BCUT2D eigenvalue weighted by Gasteiger charge is 2.09. The summed E-state index contributed by atoms with van der Waals surface area (Å²) in [5.74, 6) is 6.76. The van der Waals surface area contributed by atoms with Crippen molar-refractivity contribution in [3.63, 3.8) is 0 Å². The molecule has 0 atom stereocenters. The minimum Gasteiger partial charge on any atom is -0.439 e. The van der Waals surface area contributed by atoms with Crippen LogP contribution >= 0.6 is 23.2 Å². The van der Waals surface area contributed by atoms with Crippen molar-refractivity contribution in [2.45, 2.75) is 6.92 Å². The van der Waals surface area contributed by atoms with Crippen molar-refractivity contribution < 1.29 is 4.74 Å². The lowest BCUT2D eigenvalue weighted by molar-refractivity contribution is 0.458. The van der Waals surface area contributed by atoms with Crippen LogP contribution in [0.3, 0.4) is 0 Å². The molecule has 0 saturated heterocycles. The van der Waals surface area contributed by atoms with E-state index in [-0.39, 0.29) is 0 Å². The molecule has 0 aliphatic carbocycles. The number of nitrogens with one attached hydrogen (secondary N) is 1. The largest absolute Gasteiger partial charge is 0.439 e. The summed E-state index contributed by atoms with van der Waals surface area (Å²) < 4.78 is 5.60. The number of aromatic nitrogens is 2. The molecule has 0 radical (unpaired) electrons. The van der Waals surface area contributed by atoms with Crippen LogP contribution in [0.25, 0.3) is 0 Å². The summed E-state index contributed by atoms with van der Waals surface area (Å²) in [4.78, 5) is 7.99. The first-order valence-corrected chi connectivity index (χ1v) is 5.78. The van der Waals surface area contributed by atoms with Crippen LogP contribution in [0.2, 0.25) is 10.0 Å². The molecule has 0 amide bonds. The second kappa shape index (κ2) is 5.39. The molecule has 18 heavy (non-hydrogen) atoms. The lowest BCUT2D eigenvalue weighted by Gasteiger charge is -2.10. The molecule has 0 fully saturated rings. The maximum absolute atomic E-state index is 5.90. The summed E-state index contributed by atoms with van der Waals surface area (Å²) in [6.07, 6.45) is 1.36. The SMILES string of the molecule is Cc1c(NN)ncnc1Oc1ccc(Cl)c(Cl)c1. The molecule has 1 aromatic carbocycles. The molecule has 0 aliphatic heterocycles. The summed E-state index contributed by atoms with van der Waals surface area (Å²) in [6.45, 7) is 1.79. The average molecular weight is 285 g/mol. The van der Waals surface area contributed by atoms with Gasteiger partial charge in [0.05, 0.1) is 15.6 Å². The summed E-state index contributed by atoms with van der Waals surface area (Å²) in [5, 5.41) is 0.880. The van der Waals surface area contributed by atoms with Crippen LogP contribution in [0, 0.1) is 6.92 Å². The Kier molecular flexibility index (Phi) is 3.86. The zero-order valence-electron chi connectivity index (χ0n) is 9.45. The maximum Gasteiger partial charge on any atom is 0.227 e. The van der Waals surface area contributed by atoms with Gasteiger partial charge in [-0.15, -0.1) is 0 Å². The van der Waals surface area contributed by atoms with Gasteiger partial charge in [0, 0.05) is 6.07 Å². The monoisotopic (exact) mass is 284 g/mol. The van der Waals surface area contributed by atoms with Crippen LogP contribution in [0.4, 0.5) is 5.82 Å². The van der Waals surface area contributed by atoms with Crippen LogP contribution in [-0.4, -0.2) is 9.97 Å². The van der Waals surface area contributed by atoms with Crippen molar-refractivity contribution in [2.75, 3.05) is 5.43 Å². The summed E-state index contributed by atoms with van der Waals surface area (Å²) >= 11 is 11.7. The van der Waals surface area contributed by atoms with E-state index in [9.17, 15) is 0 Å². The minimum absolute atomic E-state index is 0.399. The van der Waals surface area contributed by atoms with E-state index in [0.717, 1.165) is 0 Å². The normalized spacial score (nSPS) is 10.2. The molecule has 94 valence electrons. The first-order chi connectivity index (χ1) is 8.61. The summed E-state index contributed by atoms with van der Waals surface area (Å²) in [5.41, 5.74) is 3.16. The minimum atomic E-state index is 0.399. The van der Waals surface area contributed by atoms with Crippen LogP contribution in [0.15, 0.2) is 24.5 Å². The number of anilines is 1. The second-order valence-corrected chi connectivity index (χ2v) is 4.29. The molecule has 0 saturated carbocycles. The Bertz CT molecular complexity index is 577. The van der Waals surface area contributed by atoms with E-state index in [2.05, 4.69) is 15.4 Å². The molecule has 7 heteroatoms. The smallest absolute Gasteiger partial charge is 0.227 e. The number of benzene rings is 1. The Morgan fingerprint density at radius 3 is 2.67 bits per heavy atom. The molecule has 2 aromatic rings. The number of ether oxygens (including phenoxy) is 1. The molecule has 0 bridgehead atoms.